The zero-order valence-electron chi connectivity index (χ0n) is 57.3. The molecule has 3 unspecified atom stereocenters. The predicted octanol–water partition coefficient (Wildman–Crippen LogP) is 23.3. The minimum Gasteiger partial charge on any atom is -0.456 e. The summed E-state index contributed by atoms with van der Waals surface area (Å²) in [4.78, 5) is 37.9. The maximum atomic E-state index is 13.6. The normalized spacial score (nSPS) is 14.0. The van der Waals surface area contributed by atoms with Crippen LogP contribution in [0.25, 0.3) is 0 Å². The molecule has 86 heavy (non-hydrogen) atoms. The van der Waals surface area contributed by atoms with Crippen molar-refractivity contribution in [3.05, 3.63) is 85.1 Å². The molecule has 0 aromatic rings. The average Bonchev–Trinajstić information content (AvgIpc) is 3.69. The van der Waals surface area contributed by atoms with Crippen molar-refractivity contribution in [2.75, 3.05) is 40.9 Å². The van der Waals surface area contributed by atoms with Crippen molar-refractivity contribution in [3.63, 3.8) is 0 Å². The summed E-state index contributed by atoms with van der Waals surface area (Å²) in [6.07, 6.45) is 87.4. The van der Waals surface area contributed by atoms with E-state index in [4.69, 9.17) is 13.8 Å². The molecule has 0 saturated carbocycles. The summed E-state index contributed by atoms with van der Waals surface area (Å²) in [6, 6.07) is -0.856. The van der Waals surface area contributed by atoms with Crippen molar-refractivity contribution in [2.45, 2.75) is 348 Å². The number of esters is 1. The highest BCUT2D eigenvalue weighted by molar-refractivity contribution is 7.47. The third kappa shape index (κ3) is 65.6. The van der Waals surface area contributed by atoms with Gasteiger partial charge in [0.05, 0.1) is 33.8 Å². The molecule has 0 aliphatic heterocycles. The summed E-state index contributed by atoms with van der Waals surface area (Å²) in [7, 11) is 1.49. The lowest BCUT2D eigenvalue weighted by Gasteiger charge is -2.27. The molecule has 0 aromatic carbocycles. The Hall–Kier alpha value is -2.81. The van der Waals surface area contributed by atoms with Gasteiger partial charge in [-0.1, -0.05) is 305 Å². The van der Waals surface area contributed by atoms with E-state index in [9.17, 15) is 19.0 Å². The highest BCUT2D eigenvalue weighted by Gasteiger charge is 2.30. The zero-order valence-corrected chi connectivity index (χ0v) is 58.2. The van der Waals surface area contributed by atoms with Gasteiger partial charge in [0.25, 0.3) is 0 Å². The molecule has 1 amide bonds. The molecule has 2 N–H and O–H groups in total. The summed E-state index contributed by atoms with van der Waals surface area (Å²) >= 11 is 0. The number of amides is 1. The molecule has 0 spiro atoms. The van der Waals surface area contributed by atoms with Gasteiger partial charge in [-0.15, -0.1) is 0 Å². The van der Waals surface area contributed by atoms with Crippen molar-refractivity contribution in [1.29, 1.82) is 0 Å². The van der Waals surface area contributed by atoms with Gasteiger partial charge in [-0.25, -0.2) is 4.57 Å². The number of nitrogens with zero attached hydrogens (tertiary/aromatic N) is 1. The fourth-order valence-corrected chi connectivity index (χ4v) is 11.2. The number of phosphoric acid groups is 1. The number of unbranched alkanes of at least 4 members (excludes halogenated alkanes) is 38. The lowest BCUT2D eigenvalue weighted by atomic mass is 10.0. The monoisotopic (exact) mass is 1220 g/mol. The van der Waals surface area contributed by atoms with Gasteiger partial charge in [-0.2, -0.15) is 0 Å². The SMILES string of the molecule is CC/C=C\C/C=C\C/C=C\C/C=C\C/C=C\CCCCCCCCCCCC(=O)NC(COP(=O)(O)OCC[N+](C)(C)C)C(/C=C/CCCCCCCCCCCC)OC(=O)CCCCCCCCCCCCCCC/C=C/CCCCCCCC. The summed E-state index contributed by atoms with van der Waals surface area (Å²) in [5, 5.41) is 3.07. The molecule has 3 atom stereocenters. The number of likely N-dealkylation sites (N-methyl/N-ethyl adjacent to an activating group) is 1. The van der Waals surface area contributed by atoms with Gasteiger partial charge in [0, 0.05) is 12.8 Å². The van der Waals surface area contributed by atoms with E-state index < -0.39 is 20.0 Å². The third-order valence-corrected chi connectivity index (χ3v) is 17.1. The smallest absolute Gasteiger partial charge is 0.456 e. The molecule has 0 aliphatic rings. The highest BCUT2D eigenvalue weighted by atomic mass is 31.2. The van der Waals surface area contributed by atoms with Crippen LogP contribution in [0.2, 0.25) is 0 Å². The maximum Gasteiger partial charge on any atom is 0.472 e. The van der Waals surface area contributed by atoms with E-state index >= 15 is 0 Å². The van der Waals surface area contributed by atoms with Crippen LogP contribution in [0.15, 0.2) is 85.1 Å². The molecule has 0 saturated heterocycles. The number of carbonyl (C=O) groups is 2. The Morgan fingerprint density at radius 3 is 1.13 bits per heavy atom. The predicted molar refractivity (Wildman–Crippen MR) is 374 cm³/mol. The van der Waals surface area contributed by atoms with E-state index in [2.05, 4.69) is 99.0 Å². The topological polar surface area (TPSA) is 111 Å². The van der Waals surface area contributed by atoms with Crippen molar-refractivity contribution in [1.82, 2.24) is 5.32 Å². The second-order valence-electron chi connectivity index (χ2n) is 25.7. The van der Waals surface area contributed by atoms with Crippen molar-refractivity contribution < 1.29 is 37.3 Å². The number of rotatable bonds is 66. The van der Waals surface area contributed by atoms with Crippen molar-refractivity contribution >= 4 is 19.7 Å². The number of hydrogen-bond acceptors (Lipinski definition) is 6. The lowest BCUT2D eigenvalue weighted by Crippen LogP contribution is -2.47. The molecule has 0 heterocycles. The maximum absolute atomic E-state index is 13.6. The van der Waals surface area contributed by atoms with Gasteiger partial charge in [0.15, 0.2) is 0 Å². The molecule has 10 heteroatoms. The Bertz CT molecular complexity index is 1750. The van der Waals surface area contributed by atoms with E-state index in [0.29, 0.717) is 17.4 Å². The second kappa shape index (κ2) is 65.2. The molecule has 0 rings (SSSR count). The summed E-state index contributed by atoms with van der Waals surface area (Å²) in [5.74, 6) is -0.504. The van der Waals surface area contributed by atoms with Crippen LogP contribution in [0.3, 0.4) is 0 Å². The van der Waals surface area contributed by atoms with E-state index in [-0.39, 0.29) is 31.5 Å². The molecular formula is C76H140N2O7P+. The van der Waals surface area contributed by atoms with Gasteiger partial charge in [0.2, 0.25) is 5.91 Å². The summed E-state index contributed by atoms with van der Waals surface area (Å²) < 4.78 is 30.9. The van der Waals surface area contributed by atoms with Crippen LogP contribution in [0.1, 0.15) is 335 Å². The van der Waals surface area contributed by atoms with Crippen LogP contribution < -0.4 is 5.32 Å². The average molecular weight is 1220 g/mol. The lowest BCUT2D eigenvalue weighted by molar-refractivity contribution is -0.870. The number of ether oxygens (including phenoxy) is 1. The van der Waals surface area contributed by atoms with Crippen LogP contribution in [0, 0.1) is 0 Å². The van der Waals surface area contributed by atoms with Crippen molar-refractivity contribution in [2.24, 2.45) is 0 Å². The van der Waals surface area contributed by atoms with Crippen LogP contribution in [0.4, 0.5) is 0 Å². The third-order valence-electron chi connectivity index (χ3n) is 16.1. The number of nitrogens with one attached hydrogen (secondary N) is 1. The molecule has 0 aliphatic carbocycles. The minimum absolute atomic E-state index is 0.0370. The molecule has 500 valence electrons. The molecular weight excluding hydrogens is 1080 g/mol. The Morgan fingerprint density at radius 1 is 0.419 bits per heavy atom. The summed E-state index contributed by atoms with van der Waals surface area (Å²) in [6.45, 7) is 6.92. The minimum atomic E-state index is -4.46. The molecule has 0 radical (unpaired) electrons. The number of hydrogen-bond donors (Lipinski definition) is 2. The molecule has 0 fully saturated rings. The second-order valence-corrected chi connectivity index (χ2v) is 27.2. The van der Waals surface area contributed by atoms with Gasteiger partial charge < -0.3 is 19.4 Å². The fraction of sp³-hybridized carbons (Fsp3) is 0.789. The first-order valence-corrected chi connectivity index (χ1v) is 37.9. The number of quaternary nitrogens is 1. The summed E-state index contributed by atoms with van der Waals surface area (Å²) in [5.41, 5.74) is 0. The first-order chi connectivity index (χ1) is 41.9. The molecule has 0 bridgehead atoms. The Labute approximate surface area is 533 Å². The Balaban J connectivity index is 5.05. The van der Waals surface area contributed by atoms with Gasteiger partial charge in [-0.3, -0.25) is 18.6 Å². The zero-order chi connectivity index (χ0) is 62.8. The largest absolute Gasteiger partial charge is 0.472 e. The standard InChI is InChI=1S/C76H139N2O7P/c1-7-10-13-16-19-22-25-28-30-32-34-36-38-39-41-42-44-46-48-50-53-56-59-62-65-68-75(79)77-73(72-84-86(81,82)83-71-70-78(4,5)6)74(67-64-61-58-55-52-27-24-21-18-15-12-9-3)85-76(80)69-66-63-60-57-54-51-49-47-45-43-40-37-35-33-31-29-26-23-20-17-14-11-8-2/h10,13,19,22,28-31,34,36,39,41,64,67,73-74H,7-9,11-12,14-18,20-21,23-27,32-33,35,37-38,40,42-63,65-66,68-72H2,1-6H3,(H-,77,79,81,82)/p+1/b13-10-,22-19-,30-28-,31-29+,36-34-,41-39-,67-64+. The Kier molecular flexibility index (Phi) is 63.0. The van der Waals surface area contributed by atoms with Crippen LogP contribution in [-0.4, -0.2) is 74.3 Å². The number of phosphoric ester groups is 1. The van der Waals surface area contributed by atoms with Crippen LogP contribution in [-0.2, 0) is 27.9 Å². The first kappa shape index (κ1) is 83.2. The number of allylic oxidation sites excluding steroid dienone is 13. The highest BCUT2D eigenvalue weighted by Crippen LogP contribution is 2.43. The van der Waals surface area contributed by atoms with Crippen molar-refractivity contribution in [3.8, 4) is 0 Å². The van der Waals surface area contributed by atoms with Gasteiger partial charge in [0.1, 0.15) is 19.3 Å². The number of carbonyl (C=O) groups excluding carboxylic acids is 2. The van der Waals surface area contributed by atoms with E-state index in [0.717, 1.165) is 103 Å². The van der Waals surface area contributed by atoms with Gasteiger partial charge in [-0.05, 0) is 102 Å². The van der Waals surface area contributed by atoms with Crippen LogP contribution in [0.5, 0.6) is 0 Å². The Morgan fingerprint density at radius 2 is 0.744 bits per heavy atom. The van der Waals surface area contributed by atoms with E-state index in [1.165, 1.54) is 199 Å². The van der Waals surface area contributed by atoms with Gasteiger partial charge >= 0.3 is 13.8 Å². The van der Waals surface area contributed by atoms with E-state index in [1.54, 1.807) is 0 Å². The fourth-order valence-electron chi connectivity index (χ4n) is 10.5. The molecule has 9 nitrogen and oxygen atoms in total. The van der Waals surface area contributed by atoms with Crippen LogP contribution >= 0.6 is 7.82 Å². The first-order valence-electron chi connectivity index (χ1n) is 36.4. The molecule has 0 aromatic heterocycles. The quantitative estimate of drug-likeness (QED) is 0.0205. The van der Waals surface area contributed by atoms with E-state index in [1.807, 2.05) is 33.3 Å².